The molecule has 0 bridgehead atoms. The Morgan fingerprint density at radius 1 is 1.13 bits per heavy atom. The first kappa shape index (κ1) is 16.4. The van der Waals surface area contributed by atoms with Gasteiger partial charge in [0.1, 0.15) is 5.57 Å². The summed E-state index contributed by atoms with van der Waals surface area (Å²) in [5, 5.41) is 12.1. The van der Waals surface area contributed by atoms with Crippen molar-refractivity contribution in [1.82, 2.24) is 5.43 Å². The van der Waals surface area contributed by atoms with Crippen molar-refractivity contribution in [3.05, 3.63) is 53.4 Å². The van der Waals surface area contributed by atoms with E-state index in [2.05, 4.69) is 10.9 Å². The third-order valence-electron chi connectivity index (χ3n) is 2.86. The van der Waals surface area contributed by atoms with E-state index in [0.29, 0.717) is 5.70 Å². The standard InChI is InChI=1S/C16H18N2O5/c1-10(17-18-11-7-5-4-6-8-11)9-12(19)13-14(20)22-16(2,3)23-15(13)21/h4-9,17-19H,1-3H3/p-1/b10-9+. The SMILES string of the molecule is C/C(=C\C([O-])=C1C(=O)OC(C)(C)OC1=O)NNc1ccccc1. The molecule has 0 radical (unpaired) electrons. The lowest BCUT2D eigenvalue weighted by atomic mass is 10.1. The Hall–Kier alpha value is -2.96. The Morgan fingerprint density at radius 2 is 1.70 bits per heavy atom. The topological polar surface area (TPSA) is 99.7 Å². The average molecular weight is 317 g/mol. The monoisotopic (exact) mass is 317 g/mol. The van der Waals surface area contributed by atoms with E-state index in [0.717, 1.165) is 11.8 Å². The van der Waals surface area contributed by atoms with Gasteiger partial charge in [0, 0.05) is 19.5 Å². The number of carbonyl (C=O) groups is 2. The van der Waals surface area contributed by atoms with Crippen LogP contribution in [-0.2, 0) is 19.1 Å². The summed E-state index contributed by atoms with van der Waals surface area (Å²) in [7, 11) is 0. The number of esters is 2. The average Bonchev–Trinajstić information content (AvgIpc) is 2.44. The van der Waals surface area contributed by atoms with Gasteiger partial charge in [0.15, 0.2) is 0 Å². The number of hydrogen-bond donors (Lipinski definition) is 2. The number of allylic oxidation sites excluding steroid dienone is 2. The first-order chi connectivity index (χ1) is 10.8. The summed E-state index contributed by atoms with van der Waals surface area (Å²) >= 11 is 0. The van der Waals surface area contributed by atoms with Gasteiger partial charge >= 0.3 is 11.9 Å². The van der Waals surface area contributed by atoms with Gasteiger partial charge in [-0.3, -0.25) is 0 Å². The highest BCUT2D eigenvalue weighted by Crippen LogP contribution is 2.23. The summed E-state index contributed by atoms with van der Waals surface area (Å²) in [4.78, 5) is 23.6. The highest BCUT2D eigenvalue weighted by Gasteiger charge is 2.39. The van der Waals surface area contributed by atoms with Crippen molar-refractivity contribution in [3.8, 4) is 0 Å². The highest BCUT2D eigenvalue weighted by molar-refractivity contribution is 6.16. The van der Waals surface area contributed by atoms with E-state index in [1.807, 2.05) is 30.3 Å². The van der Waals surface area contributed by atoms with Gasteiger partial charge in [-0.25, -0.2) is 9.59 Å². The number of cyclic esters (lactones) is 2. The fourth-order valence-corrected chi connectivity index (χ4v) is 1.85. The molecule has 0 amide bonds. The second-order valence-electron chi connectivity index (χ2n) is 5.36. The largest absolute Gasteiger partial charge is 0.872 e. The molecule has 0 unspecified atom stereocenters. The number of para-hydroxylation sites is 1. The van der Waals surface area contributed by atoms with E-state index in [1.165, 1.54) is 13.8 Å². The summed E-state index contributed by atoms with van der Waals surface area (Å²) < 4.78 is 9.77. The lowest BCUT2D eigenvalue weighted by Gasteiger charge is -2.31. The maximum Gasteiger partial charge on any atom is 0.348 e. The lowest BCUT2D eigenvalue weighted by molar-refractivity contribution is -0.298. The Morgan fingerprint density at radius 3 is 2.26 bits per heavy atom. The van der Waals surface area contributed by atoms with Crippen LogP contribution in [0.1, 0.15) is 20.8 Å². The van der Waals surface area contributed by atoms with Gasteiger partial charge in [-0.15, -0.1) is 0 Å². The van der Waals surface area contributed by atoms with Crippen molar-refractivity contribution in [2.45, 2.75) is 26.6 Å². The molecule has 23 heavy (non-hydrogen) atoms. The summed E-state index contributed by atoms with van der Waals surface area (Å²) in [6, 6.07) is 9.22. The van der Waals surface area contributed by atoms with Crippen molar-refractivity contribution in [3.63, 3.8) is 0 Å². The minimum atomic E-state index is -1.37. The molecule has 1 heterocycles. The second-order valence-corrected chi connectivity index (χ2v) is 5.36. The minimum absolute atomic E-state index is 0.414. The number of hydrazine groups is 1. The molecule has 7 nitrogen and oxygen atoms in total. The number of anilines is 1. The van der Waals surface area contributed by atoms with Crippen molar-refractivity contribution >= 4 is 17.6 Å². The van der Waals surface area contributed by atoms with Gasteiger partial charge in [-0.1, -0.05) is 24.0 Å². The maximum absolute atomic E-state index is 12.1. The molecule has 0 aliphatic carbocycles. The predicted octanol–water partition coefficient (Wildman–Crippen LogP) is 0.957. The van der Waals surface area contributed by atoms with Gasteiger partial charge < -0.3 is 25.4 Å². The van der Waals surface area contributed by atoms with Crippen molar-refractivity contribution < 1.29 is 24.2 Å². The van der Waals surface area contributed by atoms with Crippen LogP contribution in [0.25, 0.3) is 0 Å². The first-order valence-corrected chi connectivity index (χ1v) is 6.92. The molecule has 2 rings (SSSR count). The van der Waals surface area contributed by atoms with Crippen LogP contribution in [0.3, 0.4) is 0 Å². The molecule has 0 saturated carbocycles. The van der Waals surface area contributed by atoms with Crippen LogP contribution in [0.5, 0.6) is 0 Å². The van der Waals surface area contributed by atoms with E-state index in [1.54, 1.807) is 6.92 Å². The van der Waals surface area contributed by atoms with Gasteiger partial charge in [-0.2, -0.15) is 0 Å². The van der Waals surface area contributed by atoms with Crippen LogP contribution in [0.2, 0.25) is 0 Å². The minimum Gasteiger partial charge on any atom is -0.872 e. The van der Waals surface area contributed by atoms with Crippen LogP contribution < -0.4 is 16.0 Å². The van der Waals surface area contributed by atoms with Gasteiger partial charge in [0.25, 0.3) is 5.79 Å². The molecule has 0 spiro atoms. The maximum atomic E-state index is 12.1. The summed E-state index contributed by atoms with van der Waals surface area (Å²) in [5.74, 6) is -4.13. The Bertz CT molecular complexity index is 655. The lowest BCUT2D eigenvalue weighted by Crippen LogP contribution is -2.43. The third kappa shape index (κ3) is 4.26. The van der Waals surface area contributed by atoms with E-state index in [4.69, 9.17) is 9.47 Å². The van der Waals surface area contributed by atoms with Gasteiger partial charge in [0.2, 0.25) is 0 Å². The van der Waals surface area contributed by atoms with Crippen LogP contribution in [-0.4, -0.2) is 17.7 Å². The van der Waals surface area contributed by atoms with Crippen LogP contribution in [0.15, 0.2) is 53.4 Å². The van der Waals surface area contributed by atoms with E-state index < -0.39 is 29.1 Å². The smallest absolute Gasteiger partial charge is 0.348 e. The van der Waals surface area contributed by atoms with Crippen molar-refractivity contribution in [2.75, 3.05) is 5.43 Å². The number of benzene rings is 1. The van der Waals surface area contributed by atoms with Gasteiger partial charge in [0.05, 0.1) is 5.69 Å². The fourth-order valence-electron chi connectivity index (χ4n) is 1.85. The zero-order chi connectivity index (χ0) is 17.0. The molecule has 1 aliphatic heterocycles. The van der Waals surface area contributed by atoms with Gasteiger partial charge in [-0.05, 0) is 25.1 Å². The summed E-state index contributed by atoms with van der Waals surface area (Å²) in [6.07, 6.45) is 1.12. The predicted molar refractivity (Wildman–Crippen MR) is 80.2 cm³/mol. The summed E-state index contributed by atoms with van der Waals surface area (Å²) in [6.45, 7) is 4.44. The molecule has 1 aromatic carbocycles. The van der Waals surface area contributed by atoms with Crippen LogP contribution in [0.4, 0.5) is 5.69 Å². The first-order valence-electron chi connectivity index (χ1n) is 6.92. The fraction of sp³-hybridized carbons (Fsp3) is 0.250. The number of hydrogen-bond acceptors (Lipinski definition) is 7. The Kier molecular flexibility index (Phi) is 4.59. The molecule has 2 N–H and O–H groups in total. The van der Waals surface area contributed by atoms with Crippen molar-refractivity contribution in [2.24, 2.45) is 0 Å². The molecule has 1 aliphatic rings. The molecule has 1 aromatic rings. The molecule has 7 heteroatoms. The molecular formula is C16H17N2O5-. The molecule has 0 aromatic heterocycles. The molecule has 1 saturated heterocycles. The second kappa shape index (κ2) is 6.43. The number of nitrogens with one attached hydrogen (secondary N) is 2. The van der Waals surface area contributed by atoms with E-state index in [9.17, 15) is 14.7 Å². The normalized spacial score (nSPS) is 17.2. The third-order valence-corrected chi connectivity index (χ3v) is 2.86. The van der Waals surface area contributed by atoms with E-state index >= 15 is 0 Å². The zero-order valence-electron chi connectivity index (χ0n) is 13.0. The zero-order valence-corrected chi connectivity index (χ0v) is 13.0. The Labute approximate surface area is 133 Å². The Balaban J connectivity index is 2.10. The van der Waals surface area contributed by atoms with Crippen LogP contribution >= 0.6 is 0 Å². The quantitative estimate of drug-likeness (QED) is 0.280. The van der Waals surface area contributed by atoms with E-state index in [-0.39, 0.29) is 0 Å². The molecular weight excluding hydrogens is 300 g/mol. The number of rotatable bonds is 4. The summed E-state index contributed by atoms with van der Waals surface area (Å²) in [5.41, 5.74) is 6.22. The highest BCUT2D eigenvalue weighted by atomic mass is 16.7. The number of ether oxygens (including phenoxy) is 2. The van der Waals surface area contributed by atoms with Crippen LogP contribution in [0, 0.1) is 0 Å². The number of carbonyl (C=O) groups excluding carboxylic acids is 2. The van der Waals surface area contributed by atoms with Crippen molar-refractivity contribution in [1.29, 1.82) is 0 Å². The molecule has 0 atom stereocenters. The molecule has 1 fully saturated rings. The molecule has 122 valence electrons.